The molecule has 150 valence electrons. The predicted molar refractivity (Wildman–Crippen MR) is 114 cm³/mol. The molecule has 0 saturated carbocycles. The predicted octanol–water partition coefficient (Wildman–Crippen LogP) is 5.22. The van der Waals surface area contributed by atoms with E-state index in [2.05, 4.69) is 20.7 Å². The van der Waals surface area contributed by atoms with Gasteiger partial charge < -0.3 is 9.47 Å². The van der Waals surface area contributed by atoms with Gasteiger partial charge in [-0.3, -0.25) is 4.72 Å². The highest BCUT2D eigenvalue weighted by atomic mass is 79.9. The summed E-state index contributed by atoms with van der Waals surface area (Å²) in [5.41, 5.74) is 0.692. The van der Waals surface area contributed by atoms with Crippen molar-refractivity contribution in [2.24, 2.45) is 0 Å². The van der Waals surface area contributed by atoms with Gasteiger partial charge in [-0.25, -0.2) is 13.2 Å². The number of nitrogens with one attached hydrogen (secondary N) is 1. The molecule has 0 unspecified atom stereocenters. The van der Waals surface area contributed by atoms with Gasteiger partial charge in [0.05, 0.1) is 17.1 Å². The average molecular weight is 476 g/mol. The van der Waals surface area contributed by atoms with Crippen molar-refractivity contribution in [2.75, 3.05) is 11.3 Å². The zero-order valence-corrected chi connectivity index (χ0v) is 17.9. The number of carbonyl (C=O) groups is 1. The number of sulfonamides is 1. The SMILES string of the molecule is CCOC(=O)c1ccc(NS(=O)(=O)c2ccc(Oc3ccc(Br)cc3)cc2)cc1. The first-order valence-electron chi connectivity index (χ1n) is 8.71. The van der Waals surface area contributed by atoms with Crippen LogP contribution >= 0.6 is 15.9 Å². The van der Waals surface area contributed by atoms with Crippen LogP contribution in [0.3, 0.4) is 0 Å². The topological polar surface area (TPSA) is 81.7 Å². The summed E-state index contributed by atoms with van der Waals surface area (Å²) in [6.45, 7) is 1.99. The molecule has 0 saturated heterocycles. The first-order chi connectivity index (χ1) is 13.9. The van der Waals surface area contributed by atoms with Crippen molar-refractivity contribution in [3.63, 3.8) is 0 Å². The molecule has 0 fully saturated rings. The molecular weight excluding hydrogens is 458 g/mol. The fourth-order valence-electron chi connectivity index (χ4n) is 2.43. The van der Waals surface area contributed by atoms with E-state index in [0.29, 0.717) is 22.7 Å². The van der Waals surface area contributed by atoms with Crippen molar-refractivity contribution in [1.29, 1.82) is 0 Å². The summed E-state index contributed by atoms with van der Waals surface area (Å²) in [7, 11) is -3.78. The number of hydrogen-bond donors (Lipinski definition) is 1. The second-order valence-corrected chi connectivity index (χ2v) is 8.53. The van der Waals surface area contributed by atoms with Crippen molar-refractivity contribution < 1.29 is 22.7 Å². The molecule has 0 atom stereocenters. The molecule has 0 aromatic heterocycles. The van der Waals surface area contributed by atoms with Gasteiger partial charge in [0.25, 0.3) is 10.0 Å². The maximum absolute atomic E-state index is 12.6. The molecule has 6 nitrogen and oxygen atoms in total. The van der Waals surface area contributed by atoms with E-state index >= 15 is 0 Å². The zero-order chi connectivity index (χ0) is 20.9. The van der Waals surface area contributed by atoms with E-state index in [1.54, 1.807) is 31.2 Å². The Labute approximate surface area is 177 Å². The summed E-state index contributed by atoms with van der Waals surface area (Å²) < 4.78 is 39.2. The second-order valence-electron chi connectivity index (χ2n) is 5.93. The minimum Gasteiger partial charge on any atom is -0.462 e. The van der Waals surface area contributed by atoms with E-state index in [1.165, 1.54) is 36.4 Å². The van der Waals surface area contributed by atoms with Crippen LogP contribution in [0.5, 0.6) is 11.5 Å². The Morgan fingerprint density at radius 1 is 0.897 bits per heavy atom. The third-order valence-corrected chi connectivity index (χ3v) is 5.76. The van der Waals surface area contributed by atoms with Gasteiger partial charge in [0, 0.05) is 10.2 Å². The maximum atomic E-state index is 12.6. The van der Waals surface area contributed by atoms with Crippen LogP contribution in [0.4, 0.5) is 5.69 Å². The third-order valence-electron chi connectivity index (χ3n) is 3.83. The van der Waals surface area contributed by atoms with Crippen molar-refractivity contribution in [1.82, 2.24) is 0 Å². The summed E-state index contributed by atoms with van der Waals surface area (Å²) in [6.07, 6.45) is 0. The summed E-state index contributed by atoms with van der Waals surface area (Å²) in [4.78, 5) is 11.8. The van der Waals surface area contributed by atoms with Crippen molar-refractivity contribution in [2.45, 2.75) is 11.8 Å². The number of esters is 1. The minimum absolute atomic E-state index is 0.0927. The van der Waals surface area contributed by atoms with Crippen LogP contribution in [-0.4, -0.2) is 21.0 Å². The third kappa shape index (κ3) is 5.58. The van der Waals surface area contributed by atoms with Gasteiger partial charge >= 0.3 is 5.97 Å². The number of carbonyl (C=O) groups excluding carboxylic acids is 1. The quantitative estimate of drug-likeness (QED) is 0.473. The van der Waals surface area contributed by atoms with Gasteiger partial charge in [-0.05, 0) is 79.7 Å². The highest BCUT2D eigenvalue weighted by Crippen LogP contribution is 2.25. The molecule has 0 aliphatic carbocycles. The van der Waals surface area contributed by atoms with Crippen molar-refractivity contribution >= 4 is 37.6 Å². The first-order valence-corrected chi connectivity index (χ1v) is 11.0. The standard InChI is InChI=1S/C21H18BrNO5S/c1-2-27-21(24)15-3-7-17(8-4-15)23-29(25,26)20-13-11-19(12-14-20)28-18-9-5-16(22)6-10-18/h3-14,23H,2H2,1H3. The molecule has 3 aromatic rings. The molecular formula is C21H18BrNO5S. The van der Waals surface area contributed by atoms with Crippen LogP contribution in [-0.2, 0) is 14.8 Å². The van der Waals surface area contributed by atoms with Gasteiger partial charge in [0.15, 0.2) is 0 Å². The molecule has 0 aliphatic rings. The molecule has 0 aliphatic heterocycles. The highest BCUT2D eigenvalue weighted by molar-refractivity contribution is 9.10. The Hall–Kier alpha value is -2.84. The van der Waals surface area contributed by atoms with Gasteiger partial charge in [-0.2, -0.15) is 0 Å². The molecule has 1 N–H and O–H groups in total. The Bertz CT molecular complexity index is 1080. The number of hydrogen-bond acceptors (Lipinski definition) is 5. The lowest BCUT2D eigenvalue weighted by Crippen LogP contribution is -2.13. The van der Waals surface area contributed by atoms with Crippen LogP contribution in [0.25, 0.3) is 0 Å². The van der Waals surface area contributed by atoms with Gasteiger partial charge in [-0.15, -0.1) is 0 Å². The number of ether oxygens (including phenoxy) is 2. The fourth-order valence-corrected chi connectivity index (χ4v) is 3.75. The van der Waals surface area contributed by atoms with E-state index in [9.17, 15) is 13.2 Å². The molecule has 0 amide bonds. The van der Waals surface area contributed by atoms with Gasteiger partial charge in [-0.1, -0.05) is 15.9 Å². The molecule has 8 heteroatoms. The lowest BCUT2D eigenvalue weighted by Gasteiger charge is -2.10. The summed E-state index contributed by atoms with van der Waals surface area (Å²) in [5.74, 6) is 0.706. The first kappa shape index (κ1) is 20.9. The molecule has 0 spiro atoms. The van der Waals surface area contributed by atoms with E-state index in [0.717, 1.165) is 4.47 Å². The highest BCUT2D eigenvalue weighted by Gasteiger charge is 2.15. The van der Waals surface area contributed by atoms with Gasteiger partial charge in [0.2, 0.25) is 0 Å². The lowest BCUT2D eigenvalue weighted by atomic mass is 10.2. The van der Waals surface area contributed by atoms with E-state index in [1.807, 2.05) is 12.1 Å². The van der Waals surface area contributed by atoms with Crippen molar-refractivity contribution in [3.05, 3.63) is 82.8 Å². The molecule has 3 aromatic carbocycles. The Balaban J connectivity index is 1.69. The van der Waals surface area contributed by atoms with Gasteiger partial charge in [0.1, 0.15) is 11.5 Å². The normalized spacial score (nSPS) is 11.0. The van der Waals surface area contributed by atoms with Crippen LogP contribution < -0.4 is 9.46 Å². The van der Waals surface area contributed by atoms with Crippen LogP contribution in [0.15, 0.2) is 82.2 Å². The van der Waals surface area contributed by atoms with E-state index in [4.69, 9.17) is 9.47 Å². The Kier molecular flexibility index (Phi) is 6.56. The van der Waals surface area contributed by atoms with E-state index < -0.39 is 16.0 Å². The molecule has 0 bridgehead atoms. The molecule has 3 rings (SSSR count). The Morgan fingerprint density at radius 3 is 2.00 bits per heavy atom. The molecule has 29 heavy (non-hydrogen) atoms. The minimum atomic E-state index is -3.78. The summed E-state index contributed by atoms with van der Waals surface area (Å²) >= 11 is 3.36. The van der Waals surface area contributed by atoms with Crippen LogP contribution in [0, 0.1) is 0 Å². The largest absolute Gasteiger partial charge is 0.462 e. The number of rotatable bonds is 7. The van der Waals surface area contributed by atoms with Crippen LogP contribution in [0.2, 0.25) is 0 Å². The lowest BCUT2D eigenvalue weighted by molar-refractivity contribution is 0.0526. The summed E-state index contributed by atoms with van der Waals surface area (Å²) in [6, 6.07) is 19.4. The number of benzene rings is 3. The zero-order valence-electron chi connectivity index (χ0n) is 15.5. The average Bonchev–Trinajstić information content (AvgIpc) is 2.71. The molecule has 0 radical (unpaired) electrons. The monoisotopic (exact) mass is 475 g/mol. The summed E-state index contributed by atoms with van der Waals surface area (Å²) in [5, 5.41) is 0. The van der Waals surface area contributed by atoms with Crippen LogP contribution in [0.1, 0.15) is 17.3 Å². The second kappa shape index (κ2) is 9.11. The fraction of sp³-hybridized carbons (Fsp3) is 0.0952. The maximum Gasteiger partial charge on any atom is 0.338 e. The smallest absolute Gasteiger partial charge is 0.338 e. The number of halogens is 1. The molecule has 0 heterocycles. The Morgan fingerprint density at radius 2 is 1.45 bits per heavy atom. The van der Waals surface area contributed by atoms with Crippen molar-refractivity contribution in [3.8, 4) is 11.5 Å². The number of anilines is 1. The van der Waals surface area contributed by atoms with E-state index in [-0.39, 0.29) is 11.5 Å².